The van der Waals surface area contributed by atoms with Gasteiger partial charge in [-0.05, 0) is 17.7 Å². The molecule has 2 rings (SSSR count). The largest absolute Gasteiger partial charge is 0.292 e. The quantitative estimate of drug-likeness (QED) is 0.909. The van der Waals surface area contributed by atoms with Crippen LogP contribution in [0, 0.1) is 34.4 Å². The van der Waals surface area contributed by atoms with Gasteiger partial charge < -0.3 is 0 Å². The number of carbonyl (C=O) groups excluding carboxylic acids is 2. The average molecular weight is 335 g/mol. The van der Waals surface area contributed by atoms with Gasteiger partial charge in [0.1, 0.15) is 11.7 Å². The molecule has 0 aromatic heterocycles. The summed E-state index contributed by atoms with van der Waals surface area (Å²) in [6, 6.07) is 17.7. The molecule has 1 N–H and O–H groups in total. The van der Waals surface area contributed by atoms with Crippen molar-refractivity contribution < 1.29 is 14.0 Å². The molecule has 2 aromatic rings. The van der Waals surface area contributed by atoms with Gasteiger partial charge in [0.25, 0.3) is 5.91 Å². The summed E-state index contributed by atoms with van der Waals surface area (Å²) in [7, 11) is 0. The molecule has 2 aromatic carbocycles. The average Bonchev–Trinajstić information content (AvgIpc) is 2.62. The number of amides is 2. The Bertz CT molecular complexity index is 839. The fourth-order valence-electron chi connectivity index (χ4n) is 2.43. The summed E-state index contributed by atoms with van der Waals surface area (Å²) in [5, 5.41) is 20.4. The Balaban J connectivity index is 2.15. The molecule has 0 aliphatic rings. The number of benzene rings is 2. The van der Waals surface area contributed by atoms with Crippen molar-refractivity contribution in [2.45, 2.75) is 12.3 Å². The van der Waals surface area contributed by atoms with Crippen LogP contribution in [0.25, 0.3) is 0 Å². The summed E-state index contributed by atoms with van der Waals surface area (Å²) >= 11 is 0. The van der Waals surface area contributed by atoms with Gasteiger partial charge in [-0.25, -0.2) is 4.39 Å². The number of hydrogen-bond donors (Lipinski definition) is 1. The number of nitrogens with zero attached hydrogens (tertiary/aromatic N) is 2. The summed E-state index contributed by atoms with van der Waals surface area (Å²) in [6.07, 6.45) is -0.240. The van der Waals surface area contributed by atoms with Crippen LogP contribution in [0.15, 0.2) is 54.6 Å². The van der Waals surface area contributed by atoms with Crippen LogP contribution >= 0.6 is 0 Å². The van der Waals surface area contributed by atoms with Crippen molar-refractivity contribution in [2.24, 2.45) is 5.92 Å². The van der Waals surface area contributed by atoms with Crippen molar-refractivity contribution in [1.82, 2.24) is 5.32 Å². The topological polar surface area (TPSA) is 93.8 Å². The van der Waals surface area contributed by atoms with Gasteiger partial charge in [0.15, 0.2) is 0 Å². The second-order valence-electron chi connectivity index (χ2n) is 5.31. The zero-order chi connectivity index (χ0) is 18.2. The molecule has 0 saturated heterocycles. The van der Waals surface area contributed by atoms with E-state index in [1.54, 1.807) is 30.3 Å². The Hall–Kier alpha value is -3.51. The van der Waals surface area contributed by atoms with Crippen LogP contribution in [0.5, 0.6) is 0 Å². The molecule has 0 fully saturated rings. The van der Waals surface area contributed by atoms with E-state index in [4.69, 9.17) is 10.5 Å². The standard InChI is InChI=1S/C19H14FN3O2/c20-17-9-5-4-8-15(17)19(25)23-18(24)10-16(14(11-21)12-22)13-6-2-1-3-7-13/h1-9,14,16H,10H2,(H,23,24,25)/t16-/m0/s1. The van der Waals surface area contributed by atoms with Crippen LogP contribution in [0.1, 0.15) is 28.3 Å². The molecule has 1 atom stereocenters. The van der Waals surface area contributed by atoms with Crippen LogP contribution in [0.3, 0.4) is 0 Å². The van der Waals surface area contributed by atoms with Crippen molar-refractivity contribution in [3.8, 4) is 12.1 Å². The highest BCUT2D eigenvalue weighted by molar-refractivity contribution is 6.04. The molecule has 0 spiro atoms. The van der Waals surface area contributed by atoms with Crippen molar-refractivity contribution >= 4 is 11.8 Å². The minimum atomic E-state index is -1.04. The first kappa shape index (κ1) is 17.8. The first-order valence-electron chi connectivity index (χ1n) is 7.49. The Morgan fingerprint density at radius 3 is 2.20 bits per heavy atom. The smallest absolute Gasteiger partial charge is 0.260 e. The highest BCUT2D eigenvalue weighted by Crippen LogP contribution is 2.27. The van der Waals surface area contributed by atoms with E-state index in [2.05, 4.69) is 5.32 Å². The summed E-state index contributed by atoms with van der Waals surface area (Å²) in [6.45, 7) is 0. The molecule has 2 amide bonds. The molecular formula is C19H14FN3O2. The van der Waals surface area contributed by atoms with Gasteiger partial charge in [0, 0.05) is 12.3 Å². The van der Waals surface area contributed by atoms with Crippen molar-refractivity contribution in [1.29, 1.82) is 10.5 Å². The Morgan fingerprint density at radius 2 is 1.60 bits per heavy atom. The number of carbonyl (C=O) groups is 2. The van der Waals surface area contributed by atoms with Crippen molar-refractivity contribution in [3.63, 3.8) is 0 Å². The lowest BCUT2D eigenvalue weighted by Gasteiger charge is -2.17. The third-order valence-corrected chi connectivity index (χ3v) is 3.69. The molecule has 0 radical (unpaired) electrons. The van der Waals surface area contributed by atoms with Gasteiger partial charge in [0.05, 0.1) is 17.7 Å². The van der Waals surface area contributed by atoms with Crippen LogP contribution in [0.4, 0.5) is 4.39 Å². The van der Waals surface area contributed by atoms with E-state index in [1.807, 2.05) is 12.1 Å². The van der Waals surface area contributed by atoms with E-state index in [9.17, 15) is 14.0 Å². The third kappa shape index (κ3) is 4.49. The maximum absolute atomic E-state index is 13.6. The number of halogens is 1. The molecule has 0 aliphatic carbocycles. The number of rotatable bonds is 5. The lowest BCUT2D eigenvalue weighted by molar-refractivity contribution is -0.120. The van der Waals surface area contributed by atoms with E-state index < -0.39 is 29.5 Å². The third-order valence-electron chi connectivity index (χ3n) is 3.69. The molecule has 0 unspecified atom stereocenters. The minimum Gasteiger partial charge on any atom is -0.292 e. The number of nitrogens with one attached hydrogen (secondary N) is 1. The lowest BCUT2D eigenvalue weighted by atomic mass is 9.85. The second kappa shape index (κ2) is 8.37. The molecule has 0 heterocycles. The van der Waals surface area contributed by atoms with E-state index in [0.717, 1.165) is 6.07 Å². The van der Waals surface area contributed by atoms with E-state index in [-0.39, 0.29) is 12.0 Å². The normalized spacial score (nSPS) is 11.2. The Kier molecular flexibility index (Phi) is 5.97. The first-order valence-corrected chi connectivity index (χ1v) is 7.49. The molecule has 25 heavy (non-hydrogen) atoms. The van der Waals surface area contributed by atoms with Gasteiger partial charge in [-0.3, -0.25) is 14.9 Å². The lowest BCUT2D eigenvalue weighted by Crippen LogP contribution is -2.33. The van der Waals surface area contributed by atoms with Gasteiger partial charge in [-0.2, -0.15) is 10.5 Å². The fourth-order valence-corrected chi connectivity index (χ4v) is 2.43. The maximum atomic E-state index is 13.6. The maximum Gasteiger partial charge on any atom is 0.260 e. The zero-order valence-electron chi connectivity index (χ0n) is 13.1. The molecule has 124 valence electrons. The van der Waals surface area contributed by atoms with E-state index in [1.165, 1.54) is 18.2 Å². The summed E-state index contributed by atoms with van der Waals surface area (Å²) < 4.78 is 13.6. The molecule has 6 heteroatoms. The number of hydrogen-bond acceptors (Lipinski definition) is 4. The van der Waals surface area contributed by atoms with Crippen LogP contribution in [-0.4, -0.2) is 11.8 Å². The SMILES string of the molecule is N#CC(C#N)[C@@H](CC(=O)NC(=O)c1ccccc1F)c1ccccc1. The van der Waals surface area contributed by atoms with E-state index in [0.29, 0.717) is 5.56 Å². The zero-order valence-corrected chi connectivity index (χ0v) is 13.1. The van der Waals surface area contributed by atoms with E-state index >= 15 is 0 Å². The predicted octanol–water partition coefficient (Wildman–Crippen LogP) is 2.92. The minimum absolute atomic E-state index is 0.240. The molecule has 0 aliphatic heterocycles. The molecule has 5 nitrogen and oxygen atoms in total. The van der Waals surface area contributed by atoms with Crippen LogP contribution in [-0.2, 0) is 4.79 Å². The van der Waals surface area contributed by atoms with Crippen LogP contribution in [0.2, 0.25) is 0 Å². The number of nitriles is 2. The van der Waals surface area contributed by atoms with Crippen molar-refractivity contribution in [3.05, 3.63) is 71.5 Å². The summed E-state index contributed by atoms with van der Waals surface area (Å²) in [5.41, 5.74) is 0.397. The van der Waals surface area contributed by atoms with Crippen LogP contribution < -0.4 is 5.32 Å². The Labute approximate surface area is 144 Å². The van der Waals surface area contributed by atoms with Gasteiger partial charge in [-0.1, -0.05) is 42.5 Å². The second-order valence-corrected chi connectivity index (χ2v) is 5.31. The number of imide groups is 1. The fraction of sp³-hybridized carbons (Fsp3) is 0.158. The summed E-state index contributed by atoms with van der Waals surface area (Å²) in [5.74, 6) is -4.02. The van der Waals surface area contributed by atoms with Gasteiger partial charge in [-0.15, -0.1) is 0 Å². The molecular weight excluding hydrogens is 321 g/mol. The first-order chi connectivity index (χ1) is 12.1. The highest BCUT2D eigenvalue weighted by atomic mass is 19.1. The monoisotopic (exact) mass is 335 g/mol. The van der Waals surface area contributed by atoms with Gasteiger partial charge >= 0.3 is 0 Å². The predicted molar refractivity (Wildman–Crippen MR) is 87.4 cm³/mol. The highest BCUT2D eigenvalue weighted by Gasteiger charge is 2.26. The molecule has 0 bridgehead atoms. The van der Waals surface area contributed by atoms with Gasteiger partial charge in [0.2, 0.25) is 5.91 Å². The summed E-state index contributed by atoms with van der Waals surface area (Å²) in [4.78, 5) is 24.2. The Morgan fingerprint density at radius 1 is 1.00 bits per heavy atom. The molecule has 0 saturated carbocycles. The van der Waals surface area contributed by atoms with Crippen molar-refractivity contribution in [2.75, 3.05) is 0 Å².